The Morgan fingerprint density at radius 2 is 1.33 bits per heavy atom. The molecule has 0 aliphatic rings. The molecule has 2 aromatic carbocycles. The Hall–Kier alpha value is -1.90. The Bertz CT molecular complexity index is 570. The third-order valence-corrected chi connectivity index (χ3v) is 3.81. The molecule has 128 valence electrons. The topological polar surface area (TPSA) is 15.3 Å². The molecule has 0 atom stereocenters. The van der Waals surface area contributed by atoms with E-state index in [1.54, 1.807) is 0 Å². The highest BCUT2D eigenvalue weighted by Gasteiger charge is 2.12. The summed E-state index contributed by atoms with van der Waals surface area (Å²) in [7, 11) is 0. The van der Waals surface area contributed by atoms with Gasteiger partial charge in [0.15, 0.2) is 0 Å². The summed E-state index contributed by atoms with van der Waals surface area (Å²) in [4.78, 5) is 2.46. The maximum absolute atomic E-state index is 4.28. The molecule has 2 rings (SSSR count). The van der Waals surface area contributed by atoms with Crippen molar-refractivity contribution < 1.29 is 0 Å². The summed E-state index contributed by atoms with van der Waals surface area (Å²) in [6, 6.07) is 21.3. The summed E-state index contributed by atoms with van der Waals surface area (Å²) in [6.45, 7) is 14.5. The van der Waals surface area contributed by atoms with Gasteiger partial charge in [-0.1, -0.05) is 67.2 Å². The number of benzene rings is 2. The molecule has 0 aliphatic heterocycles. The van der Waals surface area contributed by atoms with Gasteiger partial charge in [0, 0.05) is 31.7 Å². The first kappa shape index (κ1) is 18.4. The van der Waals surface area contributed by atoms with Crippen molar-refractivity contribution in [3.63, 3.8) is 0 Å². The van der Waals surface area contributed by atoms with Crippen LogP contribution in [0.2, 0.25) is 0 Å². The minimum atomic E-state index is 0.118. The van der Waals surface area contributed by atoms with Crippen LogP contribution in [0.3, 0.4) is 0 Å². The summed E-state index contributed by atoms with van der Waals surface area (Å²) in [6.07, 6.45) is 0. The minimum absolute atomic E-state index is 0.118. The van der Waals surface area contributed by atoms with E-state index in [4.69, 9.17) is 0 Å². The van der Waals surface area contributed by atoms with Crippen molar-refractivity contribution in [1.82, 2.24) is 10.2 Å². The number of hydrogen-bond donors (Lipinski definition) is 1. The number of rotatable bonds is 8. The molecular weight excluding hydrogens is 292 g/mol. The van der Waals surface area contributed by atoms with E-state index >= 15 is 0 Å². The van der Waals surface area contributed by atoms with E-state index in [1.165, 1.54) is 16.7 Å². The van der Waals surface area contributed by atoms with Crippen molar-refractivity contribution in [3.8, 4) is 0 Å². The lowest BCUT2D eigenvalue weighted by Crippen LogP contribution is -2.38. The van der Waals surface area contributed by atoms with Crippen molar-refractivity contribution in [3.05, 3.63) is 83.9 Å². The van der Waals surface area contributed by atoms with Gasteiger partial charge in [-0.2, -0.15) is 0 Å². The molecule has 0 aromatic heterocycles. The Labute approximate surface area is 147 Å². The standard InChI is InChI=1S/C22H30N2/c1-19(15-23-22(2,3)4)16-24(17-20-11-7-5-8-12-20)18-21-13-9-6-10-14-21/h5-14,23H,1,15-18H2,2-4H3. The number of nitrogens with zero attached hydrogens (tertiary/aromatic N) is 1. The molecule has 0 radical (unpaired) electrons. The second kappa shape index (κ2) is 8.81. The third-order valence-electron chi connectivity index (χ3n) is 3.81. The van der Waals surface area contributed by atoms with Gasteiger partial charge in [0.05, 0.1) is 0 Å². The molecule has 0 fully saturated rings. The van der Waals surface area contributed by atoms with Crippen LogP contribution in [0.25, 0.3) is 0 Å². The molecule has 0 aliphatic carbocycles. The Morgan fingerprint density at radius 3 is 1.75 bits per heavy atom. The largest absolute Gasteiger partial charge is 0.308 e. The fourth-order valence-electron chi connectivity index (χ4n) is 2.61. The average molecular weight is 322 g/mol. The molecule has 0 bridgehead atoms. The molecule has 0 unspecified atom stereocenters. The maximum Gasteiger partial charge on any atom is 0.0240 e. The van der Waals surface area contributed by atoms with Crippen LogP contribution in [0.15, 0.2) is 72.8 Å². The molecule has 0 saturated carbocycles. The van der Waals surface area contributed by atoms with Gasteiger partial charge >= 0.3 is 0 Å². The quantitative estimate of drug-likeness (QED) is 0.713. The van der Waals surface area contributed by atoms with Crippen molar-refractivity contribution in [1.29, 1.82) is 0 Å². The minimum Gasteiger partial charge on any atom is -0.308 e. The first-order valence-corrected chi connectivity index (χ1v) is 8.64. The van der Waals surface area contributed by atoms with Crippen molar-refractivity contribution in [2.24, 2.45) is 0 Å². The first-order chi connectivity index (χ1) is 11.4. The van der Waals surface area contributed by atoms with E-state index in [9.17, 15) is 0 Å². The molecule has 0 amide bonds. The average Bonchev–Trinajstić information content (AvgIpc) is 2.54. The highest BCUT2D eigenvalue weighted by Crippen LogP contribution is 2.12. The van der Waals surface area contributed by atoms with Gasteiger partial charge < -0.3 is 5.32 Å². The predicted molar refractivity (Wildman–Crippen MR) is 104 cm³/mol. The Morgan fingerprint density at radius 1 is 0.875 bits per heavy atom. The van der Waals surface area contributed by atoms with E-state index in [1.807, 2.05) is 0 Å². The van der Waals surface area contributed by atoms with Crippen LogP contribution in [-0.2, 0) is 13.1 Å². The molecule has 2 nitrogen and oxygen atoms in total. The molecule has 24 heavy (non-hydrogen) atoms. The van der Waals surface area contributed by atoms with E-state index in [2.05, 4.69) is 98.2 Å². The van der Waals surface area contributed by atoms with Crippen LogP contribution >= 0.6 is 0 Å². The van der Waals surface area contributed by atoms with Gasteiger partial charge in [0.25, 0.3) is 0 Å². The van der Waals surface area contributed by atoms with Gasteiger partial charge in [-0.25, -0.2) is 0 Å². The summed E-state index contributed by atoms with van der Waals surface area (Å²) < 4.78 is 0. The van der Waals surface area contributed by atoms with E-state index in [0.717, 1.165) is 26.2 Å². The molecule has 2 aromatic rings. The lowest BCUT2D eigenvalue weighted by atomic mass is 10.1. The fraction of sp³-hybridized carbons (Fsp3) is 0.364. The number of hydrogen-bond acceptors (Lipinski definition) is 2. The van der Waals surface area contributed by atoms with Crippen LogP contribution in [0.5, 0.6) is 0 Å². The summed E-state index contributed by atoms with van der Waals surface area (Å²) in [5, 5.41) is 3.53. The lowest BCUT2D eigenvalue weighted by Gasteiger charge is -2.26. The SMILES string of the molecule is C=C(CNC(C)(C)C)CN(Cc1ccccc1)Cc1ccccc1. The number of nitrogens with one attached hydrogen (secondary N) is 1. The molecule has 1 N–H and O–H groups in total. The molecule has 0 saturated heterocycles. The van der Waals surface area contributed by atoms with Crippen molar-refractivity contribution in [2.75, 3.05) is 13.1 Å². The van der Waals surface area contributed by atoms with Crippen molar-refractivity contribution >= 4 is 0 Å². The third kappa shape index (κ3) is 7.12. The van der Waals surface area contributed by atoms with Crippen LogP contribution in [0.4, 0.5) is 0 Å². The molecule has 0 spiro atoms. The van der Waals surface area contributed by atoms with Gasteiger partial charge in [-0.05, 0) is 37.5 Å². The van der Waals surface area contributed by atoms with Crippen molar-refractivity contribution in [2.45, 2.75) is 39.4 Å². The predicted octanol–water partition coefficient (Wildman–Crippen LogP) is 4.63. The van der Waals surface area contributed by atoms with Crippen LogP contribution in [-0.4, -0.2) is 23.5 Å². The summed E-state index contributed by atoms with van der Waals surface area (Å²) >= 11 is 0. The van der Waals surface area contributed by atoms with E-state index in [0.29, 0.717) is 0 Å². The van der Waals surface area contributed by atoms with Crippen LogP contribution in [0.1, 0.15) is 31.9 Å². The smallest absolute Gasteiger partial charge is 0.0240 e. The Balaban J connectivity index is 2.00. The highest BCUT2D eigenvalue weighted by atomic mass is 15.1. The molecule has 0 heterocycles. The zero-order valence-corrected chi connectivity index (χ0v) is 15.3. The second-order valence-electron chi connectivity index (χ2n) is 7.47. The zero-order chi connectivity index (χ0) is 17.4. The summed E-state index contributed by atoms with van der Waals surface area (Å²) in [5.74, 6) is 0. The molecular formula is C22H30N2. The van der Waals surface area contributed by atoms with Gasteiger partial charge in [-0.15, -0.1) is 0 Å². The second-order valence-corrected chi connectivity index (χ2v) is 7.47. The van der Waals surface area contributed by atoms with E-state index < -0.39 is 0 Å². The van der Waals surface area contributed by atoms with E-state index in [-0.39, 0.29) is 5.54 Å². The van der Waals surface area contributed by atoms with Gasteiger partial charge in [0.2, 0.25) is 0 Å². The monoisotopic (exact) mass is 322 g/mol. The van der Waals surface area contributed by atoms with Gasteiger partial charge in [0.1, 0.15) is 0 Å². The fourth-order valence-corrected chi connectivity index (χ4v) is 2.61. The molecule has 2 heteroatoms. The summed E-state index contributed by atoms with van der Waals surface area (Å²) in [5.41, 5.74) is 4.01. The maximum atomic E-state index is 4.28. The lowest BCUT2D eigenvalue weighted by molar-refractivity contribution is 0.275. The Kier molecular flexibility index (Phi) is 6.77. The highest BCUT2D eigenvalue weighted by molar-refractivity contribution is 5.18. The first-order valence-electron chi connectivity index (χ1n) is 8.64. The van der Waals surface area contributed by atoms with Crippen LogP contribution < -0.4 is 5.32 Å². The normalized spacial score (nSPS) is 11.7. The zero-order valence-electron chi connectivity index (χ0n) is 15.3. The van der Waals surface area contributed by atoms with Gasteiger partial charge in [-0.3, -0.25) is 4.90 Å². The van der Waals surface area contributed by atoms with Crippen LogP contribution in [0, 0.1) is 0 Å².